The van der Waals surface area contributed by atoms with Gasteiger partial charge in [0.05, 0.1) is 6.04 Å². The number of carbonyl (C=O) groups is 1. The molecule has 19 heavy (non-hydrogen) atoms. The summed E-state index contributed by atoms with van der Waals surface area (Å²) in [5.74, 6) is -0.243. The lowest BCUT2D eigenvalue weighted by molar-refractivity contribution is 0.0941. The second kappa shape index (κ2) is 6.42. The number of carbonyl (C=O) groups excluding carboxylic acids is 1. The quantitative estimate of drug-likeness (QED) is 0.919. The van der Waals surface area contributed by atoms with Gasteiger partial charge in [-0.25, -0.2) is 0 Å². The lowest BCUT2D eigenvalue weighted by atomic mass is 10.2. The largest absolute Gasteiger partial charge is 0.348 e. The van der Waals surface area contributed by atoms with Gasteiger partial charge < -0.3 is 10.2 Å². The van der Waals surface area contributed by atoms with Crippen LogP contribution in [0.15, 0.2) is 17.5 Å². The molecule has 0 aliphatic carbocycles. The summed E-state index contributed by atoms with van der Waals surface area (Å²) in [5.41, 5.74) is 0. The van der Waals surface area contributed by atoms with Gasteiger partial charge in [0, 0.05) is 11.4 Å². The van der Waals surface area contributed by atoms with Gasteiger partial charge in [-0.3, -0.25) is 4.79 Å². The summed E-state index contributed by atoms with van der Waals surface area (Å²) in [6, 6.07) is 4.21. The first kappa shape index (κ1) is 14.4. The van der Waals surface area contributed by atoms with Crippen LogP contribution in [0.25, 0.3) is 0 Å². The van der Waals surface area contributed by atoms with E-state index < -0.39 is 0 Å². The number of halogens is 1. The van der Waals surface area contributed by atoms with Crippen LogP contribution in [0.2, 0.25) is 4.47 Å². The maximum absolute atomic E-state index is 11.9. The van der Waals surface area contributed by atoms with Gasteiger partial charge >= 0.3 is 0 Å². The maximum atomic E-state index is 11.9. The molecule has 2 aromatic heterocycles. The van der Waals surface area contributed by atoms with Gasteiger partial charge in [0.15, 0.2) is 0 Å². The molecule has 0 aromatic carbocycles. The third-order valence-corrected chi connectivity index (χ3v) is 4.54. The van der Waals surface area contributed by atoms with Crippen molar-refractivity contribution in [3.63, 3.8) is 0 Å². The van der Waals surface area contributed by atoms with Crippen molar-refractivity contribution in [1.82, 2.24) is 20.4 Å². The van der Waals surface area contributed by atoms with E-state index in [2.05, 4.69) is 26.5 Å². The molecule has 1 N–H and O–H groups in total. The first-order valence-corrected chi connectivity index (χ1v) is 7.62. The predicted octanol–water partition coefficient (Wildman–Crippen LogP) is 2.29. The molecule has 102 valence electrons. The molecular formula is C11H13ClN4OS2. The van der Waals surface area contributed by atoms with Gasteiger partial charge in [0.1, 0.15) is 0 Å². The topological polar surface area (TPSA) is 58.1 Å². The summed E-state index contributed by atoms with van der Waals surface area (Å²) in [6.45, 7) is 0.517. The van der Waals surface area contributed by atoms with Crippen LogP contribution in [0, 0.1) is 0 Å². The highest BCUT2D eigenvalue weighted by atomic mass is 35.5. The van der Waals surface area contributed by atoms with Crippen molar-refractivity contribution < 1.29 is 4.79 Å². The van der Waals surface area contributed by atoms with Crippen molar-refractivity contribution in [3.05, 3.63) is 31.9 Å². The summed E-state index contributed by atoms with van der Waals surface area (Å²) >= 11 is 8.40. The minimum Gasteiger partial charge on any atom is -0.348 e. The zero-order chi connectivity index (χ0) is 13.8. The van der Waals surface area contributed by atoms with Crippen LogP contribution in [0.4, 0.5) is 0 Å². The summed E-state index contributed by atoms with van der Waals surface area (Å²) < 4.78 is 0.271. The van der Waals surface area contributed by atoms with Gasteiger partial charge in [-0.05, 0) is 37.1 Å². The van der Waals surface area contributed by atoms with Crippen LogP contribution in [-0.2, 0) is 0 Å². The summed E-state index contributed by atoms with van der Waals surface area (Å²) in [4.78, 5) is 15.2. The Balaban J connectivity index is 1.98. The molecule has 5 nitrogen and oxygen atoms in total. The fraction of sp³-hybridized carbons (Fsp3) is 0.364. The van der Waals surface area contributed by atoms with Gasteiger partial charge in [0.25, 0.3) is 5.91 Å². The molecule has 0 spiro atoms. The van der Waals surface area contributed by atoms with E-state index in [9.17, 15) is 4.79 Å². The molecule has 0 saturated carbocycles. The Morgan fingerprint density at radius 2 is 2.32 bits per heavy atom. The summed E-state index contributed by atoms with van der Waals surface area (Å²) in [7, 11) is 3.97. The first-order valence-electron chi connectivity index (χ1n) is 5.55. The average Bonchev–Trinajstić information content (AvgIpc) is 3.00. The molecule has 1 unspecified atom stereocenters. The second-order valence-corrected chi connectivity index (χ2v) is 6.60. The highest BCUT2D eigenvalue weighted by molar-refractivity contribution is 7.17. The normalized spacial score (nSPS) is 12.6. The van der Waals surface area contributed by atoms with E-state index in [-0.39, 0.29) is 21.4 Å². The number of nitrogens with zero attached hydrogens (tertiary/aromatic N) is 3. The number of amides is 1. The third-order valence-electron chi connectivity index (χ3n) is 2.55. The van der Waals surface area contributed by atoms with Crippen LogP contribution in [0.3, 0.4) is 0 Å². The average molecular weight is 317 g/mol. The standard InChI is InChI=1S/C11H13ClN4OS2/c1-16(2)7(8-4-3-5-18-8)6-13-9(17)10-14-15-11(12)19-10/h3-5,7H,6H2,1-2H3,(H,13,17). The monoisotopic (exact) mass is 316 g/mol. The van der Waals surface area contributed by atoms with E-state index in [1.165, 1.54) is 4.88 Å². The van der Waals surface area contributed by atoms with Crippen molar-refractivity contribution in [2.75, 3.05) is 20.6 Å². The summed E-state index contributed by atoms with van der Waals surface area (Å²) in [6.07, 6.45) is 0. The minimum absolute atomic E-state index is 0.146. The number of likely N-dealkylation sites (N-methyl/N-ethyl adjacent to an activating group) is 1. The highest BCUT2D eigenvalue weighted by Gasteiger charge is 2.18. The van der Waals surface area contributed by atoms with Gasteiger partial charge in [-0.1, -0.05) is 17.4 Å². The molecule has 0 radical (unpaired) electrons. The van der Waals surface area contributed by atoms with Crippen molar-refractivity contribution in [3.8, 4) is 0 Å². The van der Waals surface area contributed by atoms with E-state index in [4.69, 9.17) is 11.6 Å². The molecule has 0 fully saturated rings. The highest BCUT2D eigenvalue weighted by Crippen LogP contribution is 2.22. The number of nitrogens with one attached hydrogen (secondary N) is 1. The van der Waals surface area contributed by atoms with Crippen LogP contribution < -0.4 is 5.32 Å². The van der Waals surface area contributed by atoms with Crippen molar-refractivity contribution >= 4 is 40.2 Å². The van der Waals surface area contributed by atoms with E-state index in [0.717, 1.165) is 11.3 Å². The van der Waals surface area contributed by atoms with Crippen LogP contribution in [0.1, 0.15) is 20.7 Å². The maximum Gasteiger partial charge on any atom is 0.282 e. The smallest absolute Gasteiger partial charge is 0.282 e. The van der Waals surface area contributed by atoms with Crippen LogP contribution in [0.5, 0.6) is 0 Å². The zero-order valence-electron chi connectivity index (χ0n) is 10.5. The van der Waals surface area contributed by atoms with Crippen molar-refractivity contribution in [2.45, 2.75) is 6.04 Å². The molecule has 2 aromatic rings. The lowest BCUT2D eigenvalue weighted by Gasteiger charge is -2.23. The second-order valence-electron chi connectivity index (χ2n) is 4.07. The molecule has 2 rings (SSSR count). The SMILES string of the molecule is CN(C)C(CNC(=O)c1nnc(Cl)s1)c1cccs1. The van der Waals surface area contributed by atoms with E-state index >= 15 is 0 Å². The predicted molar refractivity (Wildman–Crippen MR) is 78.0 cm³/mol. The van der Waals surface area contributed by atoms with Gasteiger partial charge in [0.2, 0.25) is 9.47 Å². The van der Waals surface area contributed by atoms with Crippen LogP contribution in [-0.4, -0.2) is 41.6 Å². The number of thiophene rings is 1. The number of hydrogen-bond donors (Lipinski definition) is 1. The minimum atomic E-state index is -0.243. The molecule has 1 atom stereocenters. The number of hydrogen-bond acceptors (Lipinski definition) is 6. The molecule has 0 bridgehead atoms. The van der Waals surface area contributed by atoms with E-state index in [1.807, 2.05) is 25.5 Å². The molecule has 8 heteroatoms. The van der Waals surface area contributed by atoms with Crippen LogP contribution >= 0.6 is 34.3 Å². The Bertz CT molecular complexity index is 541. The zero-order valence-corrected chi connectivity index (χ0v) is 12.8. The Kier molecular flexibility index (Phi) is 4.87. The van der Waals surface area contributed by atoms with E-state index in [1.54, 1.807) is 11.3 Å². The Hall–Kier alpha value is -1.02. The fourth-order valence-electron chi connectivity index (χ4n) is 1.58. The molecular weight excluding hydrogens is 304 g/mol. The van der Waals surface area contributed by atoms with Crippen molar-refractivity contribution in [2.24, 2.45) is 0 Å². The summed E-state index contributed by atoms with van der Waals surface area (Å²) in [5, 5.41) is 12.5. The Morgan fingerprint density at radius 3 is 2.84 bits per heavy atom. The van der Waals surface area contributed by atoms with Crippen molar-refractivity contribution in [1.29, 1.82) is 0 Å². The van der Waals surface area contributed by atoms with Gasteiger partial charge in [-0.2, -0.15) is 0 Å². The van der Waals surface area contributed by atoms with Gasteiger partial charge in [-0.15, -0.1) is 21.5 Å². The Morgan fingerprint density at radius 1 is 1.53 bits per heavy atom. The number of rotatable bonds is 5. The molecule has 1 amide bonds. The lowest BCUT2D eigenvalue weighted by Crippen LogP contribution is -2.34. The molecule has 2 heterocycles. The number of aromatic nitrogens is 2. The fourth-order valence-corrected chi connectivity index (χ4v) is 3.25. The first-order chi connectivity index (χ1) is 9.08. The van der Waals surface area contributed by atoms with E-state index in [0.29, 0.717) is 6.54 Å². The molecule has 0 saturated heterocycles. The third kappa shape index (κ3) is 3.73. The molecule has 0 aliphatic heterocycles. The molecule has 0 aliphatic rings. The Labute approximate surface area is 124 Å².